The van der Waals surface area contributed by atoms with Gasteiger partial charge in [0.05, 0.1) is 0 Å². The summed E-state index contributed by atoms with van der Waals surface area (Å²) in [5.74, 6) is -0.105. The zero-order chi connectivity index (χ0) is 15.5. The standard InChI is InChI=1S/C15H33O4P/c1-6-17-13-14-18-12-11-15(16)19-20(7-2,8-3,9-4)10-5/h6-14H2,1-5H3. The van der Waals surface area contributed by atoms with E-state index in [1.165, 1.54) is 0 Å². The topological polar surface area (TPSA) is 44.8 Å². The molecule has 0 atom stereocenters. The fraction of sp³-hybridized carbons (Fsp3) is 0.933. The van der Waals surface area contributed by atoms with Crippen molar-refractivity contribution in [2.24, 2.45) is 0 Å². The molecule has 20 heavy (non-hydrogen) atoms. The van der Waals surface area contributed by atoms with Gasteiger partial charge in [-0.1, -0.05) is 0 Å². The van der Waals surface area contributed by atoms with Gasteiger partial charge in [0.25, 0.3) is 0 Å². The summed E-state index contributed by atoms with van der Waals surface area (Å²) in [5.41, 5.74) is 0. The molecule has 0 amide bonds. The molecule has 0 saturated carbocycles. The van der Waals surface area contributed by atoms with Crippen molar-refractivity contribution >= 4 is 12.8 Å². The van der Waals surface area contributed by atoms with Crippen molar-refractivity contribution in [3.63, 3.8) is 0 Å². The van der Waals surface area contributed by atoms with Gasteiger partial charge in [-0.3, -0.25) is 0 Å². The average Bonchev–Trinajstić information content (AvgIpc) is 2.49. The summed E-state index contributed by atoms with van der Waals surface area (Å²) in [7, 11) is 0. The van der Waals surface area contributed by atoms with Crippen LogP contribution in [0, 0.1) is 0 Å². The van der Waals surface area contributed by atoms with Crippen LogP contribution in [0.25, 0.3) is 0 Å². The van der Waals surface area contributed by atoms with E-state index in [-0.39, 0.29) is 5.97 Å². The van der Waals surface area contributed by atoms with E-state index in [9.17, 15) is 4.79 Å². The van der Waals surface area contributed by atoms with Crippen molar-refractivity contribution in [1.29, 1.82) is 0 Å². The average molecular weight is 308 g/mol. The normalized spacial score (nSPS) is 13.8. The van der Waals surface area contributed by atoms with Gasteiger partial charge in [-0.15, -0.1) is 0 Å². The van der Waals surface area contributed by atoms with Gasteiger partial charge in [0.15, 0.2) is 0 Å². The summed E-state index contributed by atoms with van der Waals surface area (Å²) >= 11 is 0. The molecule has 0 aromatic carbocycles. The molecule has 0 fully saturated rings. The first-order valence-corrected chi connectivity index (χ1v) is 10.8. The van der Waals surface area contributed by atoms with Gasteiger partial charge in [-0.05, 0) is 0 Å². The first-order valence-electron chi connectivity index (χ1n) is 7.90. The van der Waals surface area contributed by atoms with Crippen LogP contribution in [0.3, 0.4) is 0 Å². The number of ether oxygens (including phenoxy) is 2. The van der Waals surface area contributed by atoms with E-state index in [1.54, 1.807) is 0 Å². The Morgan fingerprint density at radius 3 is 1.75 bits per heavy atom. The van der Waals surface area contributed by atoms with Gasteiger partial charge in [-0.2, -0.15) is 0 Å². The van der Waals surface area contributed by atoms with Gasteiger partial charge in [0, 0.05) is 0 Å². The Balaban J connectivity index is 4.22. The van der Waals surface area contributed by atoms with E-state index in [0.29, 0.717) is 32.8 Å². The molecule has 0 unspecified atom stereocenters. The van der Waals surface area contributed by atoms with Crippen LogP contribution in [0.2, 0.25) is 0 Å². The zero-order valence-electron chi connectivity index (χ0n) is 13.9. The maximum atomic E-state index is 12.1. The Morgan fingerprint density at radius 2 is 1.30 bits per heavy atom. The fourth-order valence-electron chi connectivity index (χ4n) is 2.45. The van der Waals surface area contributed by atoms with Crippen molar-refractivity contribution < 1.29 is 18.8 Å². The predicted molar refractivity (Wildman–Crippen MR) is 87.1 cm³/mol. The van der Waals surface area contributed by atoms with E-state index in [4.69, 9.17) is 14.0 Å². The number of hydrogen-bond donors (Lipinski definition) is 0. The predicted octanol–water partition coefficient (Wildman–Crippen LogP) is 3.52. The van der Waals surface area contributed by atoms with E-state index in [2.05, 4.69) is 27.7 Å². The van der Waals surface area contributed by atoms with Crippen molar-refractivity contribution in [1.82, 2.24) is 0 Å². The number of carbonyl (C=O) groups excluding carboxylic acids is 1. The summed E-state index contributed by atoms with van der Waals surface area (Å²) in [5, 5.41) is 0. The molecule has 0 aliphatic carbocycles. The first kappa shape index (κ1) is 19.8. The molecule has 0 aromatic rings. The van der Waals surface area contributed by atoms with Crippen LogP contribution in [0.1, 0.15) is 41.0 Å². The second kappa shape index (κ2) is 9.70. The first-order chi connectivity index (χ1) is 9.51. The van der Waals surface area contributed by atoms with Crippen LogP contribution in [-0.2, 0) is 18.8 Å². The molecule has 0 aliphatic heterocycles. The monoisotopic (exact) mass is 308 g/mol. The van der Waals surface area contributed by atoms with Gasteiger partial charge >= 0.3 is 124 Å². The minimum atomic E-state index is -2.29. The fourth-order valence-corrected chi connectivity index (χ4v) is 6.32. The van der Waals surface area contributed by atoms with Gasteiger partial charge in [0.2, 0.25) is 0 Å². The van der Waals surface area contributed by atoms with Crippen LogP contribution >= 0.6 is 6.83 Å². The second-order valence-electron chi connectivity index (χ2n) is 5.15. The van der Waals surface area contributed by atoms with Crippen molar-refractivity contribution in [2.75, 3.05) is 51.1 Å². The minimum absolute atomic E-state index is 0.105. The molecule has 5 heteroatoms. The van der Waals surface area contributed by atoms with E-state index in [0.717, 1.165) is 24.6 Å². The Bertz CT molecular complexity index is 254. The van der Waals surface area contributed by atoms with Crippen molar-refractivity contribution in [3.8, 4) is 0 Å². The van der Waals surface area contributed by atoms with Crippen LogP contribution in [0.4, 0.5) is 0 Å². The summed E-state index contributed by atoms with van der Waals surface area (Å²) < 4.78 is 16.6. The molecule has 0 radical (unpaired) electrons. The third-order valence-corrected chi connectivity index (χ3v) is 11.7. The Kier molecular flexibility index (Phi) is 9.61. The molecule has 0 N–H and O–H groups in total. The molecule has 0 heterocycles. The SMILES string of the molecule is CCOCCOCCC(=O)OP(CC)(CC)(CC)CC. The molecule has 0 aliphatic rings. The molecule has 0 bridgehead atoms. The number of hydrogen-bond acceptors (Lipinski definition) is 4. The van der Waals surface area contributed by atoms with E-state index >= 15 is 0 Å². The van der Waals surface area contributed by atoms with Crippen molar-refractivity contribution in [2.45, 2.75) is 41.0 Å². The molecule has 0 spiro atoms. The summed E-state index contributed by atoms with van der Waals surface area (Å²) in [6.07, 6.45) is 4.25. The second-order valence-corrected chi connectivity index (χ2v) is 11.6. The summed E-state index contributed by atoms with van der Waals surface area (Å²) in [6.45, 7) is 10.5. The molecule has 4 nitrogen and oxygen atoms in total. The molecule has 122 valence electrons. The molecule has 0 rings (SSSR count). The van der Waals surface area contributed by atoms with Gasteiger partial charge in [0.1, 0.15) is 0 Å². The molecule has 0 aromatic heterocycles. The van der Waals surface area contributed by atoms with Crippen LogP contribution in [-0.4, -0.2) is 57.0 Å². The van der Waals surface area contributed by atoms with Crippen LogP contribution in [0.5, 0.6) is 0 Å². The van der Waals surface area contributed by atoms with Gasteiger partial charge < -0.3 is 0 Å². The summed E-state index contributed by atoms with van der Waals surface area (Å²) in [4.78, 5) is 12.1. The van der Waals surface area contributed by atoms with E-state index < -0.39 is 6.83 Å². The number of rotatable bonds is 12. The number of carbonyl (C=O) groups is 1. The van der Waals surface area contributed by atoms with Crippen LogP contribution in [0.15, 0.2) is 0 Å². The maximum absolute atomic E-state index is 12.1. The van der Waals surface area contributed by atoms with Crippen LogP contribution < -0.4 is 0 Å². The summed E-state index contributed by atoms with van der Waals surface area (Å²) in [6, 6.07) is 0. The Hall–Kier alpha value is -0.180. The Labute approximate surface area is 124 Å². The Morgan fingerprint density at radius 1 is 0.800 bits per heavy atom. The third-order valence-electron chi connectivity index (χ3n) is 4.59. The molecule has 0 saturated heterocycles. The quantitative estimate of drug-likeness (QED) is 0.409. The van der Waals surface area contributed by atoms with E-state index in [1.807, 2.05) is 6.92 Å². The molecular formula is C15H33O4P. The third kappa shape index (κ3) is 5.67. The van der Waals surface area contributed by atoms with Crippen molar-refractivity contribution in [3.05, 3.63) is 0 Å². The zero-order valence-corrected chi connectivity index (χ0v) is 14.8. The van der Waals surface area contributed by atoms with Gasteiger partial charge in [-0.25, -0.2) is 0 Å². The molecular weight excluding hydrogens is 275 g/mol.